The van der Waals surface area contributed by atoms with Crippen molar-refractivity contribution in [1.82, 2.24) is 15.2 Å². The molecule has 26 heavy (non-hydrogen) atoms. The predicted octanol–water partition coefficient (Wildman–Crippen LogP) is 4.25. The van der Waals surface area contributed by atoms with E-state index in [9.17, 15) is 0 Å². The van der Waals surface area contributed by atoms with E-state index in [4.69, 9.17) is 9.15 Å². The molecule has 3 heterocycles. The van der Waals surface area contributed by atoms with Crippen LogP contribution >= 0.6 is 11.8 Å². The van der Waals surface area contributed by atoms with Crippen LogP contribution in [-0.4, -0.2) is 27.2 Å². The Labute approximate surface area is 155 Å². The van der Waals surface area contributed by atoms with Crippen LogP contribution in [0.2, 0.25) is 0 Å². The van der Waals surface area contributed by atoms with Gasteiger partial charge in [0.1, 0.15) is 5.76 Å². The Balaban J connectivity index is 1.71. The van der Waals surface area contributed by atoms with E-state index in [0.29, 0.717) is 22.5 Å². The second-order valence-corrected chi connectivity index (χ2v) is 6.44. The van der Waals surface area contributed by atoms with Crippen molar-refractivity contribution in [3.05, 3.63) is 67.2 Å². The van der Waals surface area contributed by atoms with Gasteiger partial charge in [-0.05, 0) is 30.4 Å². The SMILES string of the molecule is C=CCSc1nnc2c(n1)OC(C=Cc1ccco1)Nc1ccccc1-2. The number of furan rings is 1. The first-order valence-electron chi connectivity index (χ1n) is 8.06. The molecule has 7 heteroatoms. The van der Waals surface area contributed by atoms with Gasteiger partial charge in [-0.1, -0.05) is 36.0 Å². The van der Waals surface area contributed by atoms with Crippen LogP contribution in [0.3, 0.4) is 0 Å². The number of thioether (sulfide) groups is 1. The first-order chi connectivity index (χ1) is 12.8. The number of para-hydroxylation sites is 1. The Hall–Kier alpha value is -3.06. The fourth-order valence-corrected chi connectivity index (χ4v) is 3.03. The molecule has 4 rings (SSSR count). The third-order valence-electron chi connectivity index (χ3n) is 3.66. The molecule has 0 saturated heterocycles. The van der Waals surface area contributed by atoms with Gasteiger partial charge < -0.3 is 14.5 Å². The monoisotopic (exact) mass is 364 g/mol. The number of hydrogen-bond acceptors (Lipinski definition) is 7. The zero-order valence-electron chi connectivity index (χ0n) is 13.8. The van der Waals surface area contributed by atoms with Crippen molar-refractivity contribution in [2.75, 3.05) is 11.1 Å². The minimum atomic E-state index is -0.420. The lowest BCUT2D eigenvalue weighted by atomic mass is 10.1. The molecular weight excluding hydrogens is 348 g/mol. The topological polar surface area (TPSA) is 73.1 Å². The van der Waals surface area contributed by atoms with Crippen molar-refractivity contribution in [3.63, 3.8) is 0 Å². The third kappa shape index (κ3) is 3.48. The molecule has 1 atom stereocenters. The number of fused-ring (bicyclic) bond motifs is 3. The highest BCUT2D eigenvalue weighted by Crippen LogP contribution is 2.36. The van der Waals surface area contributed by atoms with Gasteiger partial charge in [-0.15, -0.1) is 16.8 Å². The normalized spacial score (nSPS) is 15.5. The van der Waals surface area contributed by atoms with Crippen LogP contribution in [0, 0.1) is 0 Å². The number of ether oxygens (including phenoxy) is 1. The van der Waals surface area contributed by atoms with Crippen LogP contribution in [0.25, 0.3) is 17.3 Å². The highest BCUT2D eigenvalue weighted by molar-refractivity contribution is 7.99. The molecule has 130 valence electrons. The average Bonchev–Trinajstić information content (AvgIpc) is 3.13. The van der Waals surface area contributed by atoms with Gasteiger partial charge in [0, 0.05) is 17.0 Å². The van der Waals surface area contributed by atoms with Crippen molar-refractivity contribution in [2.24, 2.45) is 0 Å². The molecule has 0 radical (unpaired) electrons. The minimum absolute atomic E-state index is 0.420. The fraction of sp³-hybridized carbons (Fsp3) is 0.105. The molecule has 0 spiro atoms. The summed E-state index contributed by atoms with van der Waals surface area (Å²) in [7, 11) is 0. The Kier molecular flexibility index (Phi) is 4.70. The predicted molar refractivity (Wildman–Crippen MR) is 102 cm³/mol. The largest absolute Gasteiger partial charge is 0.465 e. The van der Waals surface area contributed by atoms with E-state index in [1.165, 1.54) is 11.8 Å². The molecule has 1 unspecified atom stereocenters. The maximum atomic E-state index is 6.07. The van der Waals surface area contributed by atoms with E-state index in [-0.39, 0.29) is 0 Å². The zero-order chi connectivity index (χ0) is 17.8. The number of hydrogen-bond donors (Lipinski definition) is 1. The Morgan fingerprint density at radius 2 is 2.12 bits per heavy atom. The van der Waals surface area contributed by atoms with Crippen molar-refractivity contribution in [1.29, 1.82) is 0 Å². The van der Waals surface area contributed by atoms with Crippen LogP contribution in [0.4, 0.5) is 5.69 Å². The first kappa shape index (κ1) is 16.4. The molecule has 1 aromatic carbocycles. The van der Waals surface area contributed by atoms with E-state index >= 15 is 0 Å². The molecule has 1 aliphatic rings. The maximum absolute atomic E-state index is 6.07. The summed E-state index contributed by atoms with van der Waals surface area (Å²) in [6.07, 6.45) is 6.74. The summed E-state index contributed by atoms with van der Waals surface area (Å²) in [6, 6.07) is 11.6. The zero-order valence-corrected chi connectivity index (χ0v) is 14.6. The number of anilines is 1. The lowest BCUT2D eigenvalue weighted by molar-refractivity contribution is 0.266. The van der Waals surface area contributed by atoms with E-state index in [1.54, 1.807) is 12.3 Å². The van der Waals surface area contributed by atoms with Crippen molar-refractivity contribution in [3.8, 4) is 17.1 Å². The summed E-state index contributed by atoms with van der Waals surface area (Å²) in [6.45, 7) is 3.71. The van der Waals surface area contributed by atoms with Gasteiger partial charge >= 0.3 is 0 Å². The van der Waals surface area contributed by atoms with E-state index in [1.807, 2.05) is 48.6 Å². The van der Waals surface area contributed by atoms with Crippen molar-refractivity contribution in [2.45, 2.75) is 11.4 Å². The Bertz CT molecular complexity index is 940. The molecule has 6 nitrogen and oxygen atoms in total. The molecule has 3 aromatic rings. The first-order valence-corrected chi connectivity index (χ1v) is 9.05. The fourth-order valence-electron chi connectivity index (χ4n) is 2.52. The highest BCUT2D eigenvalue weighted by Gasteiger charge is 2.23. The molecular formula is C19H16N4O2S. The summed E-state index contributed by atoms with van der Waals surface area (Å²) in [4.78, 5) is 4.53. The summed E-state index contributed by atoms with van der Waals surface area (Å²) >= 11 is 1.46. The summed E-state index contributed by atoms with van der Waals surface area (Å²) in [5.74, 6) is 1.89. The van der Waals surface area contributed by atoms with Gasteiger partial charge in [-0.3, -0.25) is 0 Å². The quantitative estimate of drug-likeness (QED) is 0.536. The second kappa shape index (κ2) is 7.45. The summed E-state index contributed by atoms with van der Waals surface area (Å²) < 4.78 is 11.4. The number of benzene rings is 1. The van der Waals surface area contributed by atoms with Crippen LogP contribution in [-0.2, 0) is 0 Å². The summed E-state index contributed by atoms with van der Waals surface area (Å²) in [5, 5.41) is 12.4. The van der Waals surface area contributed by atoms with Gasteiger partial charge in [0.25, 0.3) is 0 Å². The number of rotatable bonds is 5. The number of nitrogens with zero attached hydrogens (tertiary/aromatic N) is 3. The smallest absolute Gasteiger partial charge is 0.247 e. The lowest BCUT2D eigenvalue weighted by Crippen LogP contribution is -2.23. The Morgan fingerprint density at radius 1 is 1.19 bits per heavy atom. The molecule has 0 aliphatic carbocycles. The molecule has 0 saturated carbocycles. The molecule has 1 N–H and O–H groups in total. The van der Waals surface area contributed by atoms with Gasteiger partial charge in [0.05, 0.1) is 6.26 Å². The molecule has 0 amide bonds. The molecule has 1 aliphatic heterocycles. The van der Waals surface area contributed by atoms with Gasteiger partial charge in [0.2, 0.25) is 11.0 Å². The average molecular weight is 364 g/mol. The standard InChI is InChI=1S/C19H16N4O2S/c1-2-12-26-19-21-18-17(22-23-19)14-7-3-4-8-15(14)20-16(25-18)10-9-13-6-5-11-24-13/h2-11,16,20H,1,12H2. The van der Waals surface area contributed by atoms with Crippen LogP contribution in [0.1, 0.15) is 5.76 Å². The van der Waals surface area contributed by atoms with Gasteiger partial charge in [-0.2, -0.15) is 4.98 Å². The summed E-state index contributed by atoms with van der Waals surface area (Å²) in [5.41, 5.74) is 2.42. The molecule has 0 fully saturated rings. The number of aromatic nitrogens is 3. The van der Waals surface area contributed by atoms with E-state index in [2.05, 4.69) is 27.1 Å². The van der Waals surface area contributed by atoms with Crippen LogP contribution in [0.5, 0.6) is 5.88 Å². The van der Waals surface area contributed by atoms with Crippen LogP contribution < -0.4 is 10.1 Å². The maximum Gasteiger partial charge on any atom is 0.247 e. The number of nitrogens with one attached hydrogen (secondary N) is 1. The second-order valence-electron chi connectivity index (χ2n) is 5.45. The van der Waals surface area contributed by atoms with Gasteiger partial charge in [0.15, 0.2) is 11.9 Å². The third-order valence-corrected chi connectivity index (χ3v) is 4.50. The van der Waals surface area contributed by atoms with Crippen molar-refractivity contribution >= 4 is 23.5 Å². The Morgan fingerprint density at radius 3 is 2.96 bits per heavy atom. The lowest BCUT2D eigenvalue weighted by Gasteiger charge is -2.15. The van der Waals surface area contributed by atoms with E-state index < -0.39 is 6.23 Å². The molecule has 2 aromatic heterocycles. The van der Waals surface area contributed by atoms with Crippen molar-refractivity contribution < 1.29 is 9.15 Å². The minimum Gasteiger partial charge on any atom is -0.465 e. The van der Waals surface area contributed by atoms with Gasteiger partial charge in [-0.25, -0.2) is 0 Å². The molecule has 0 bridgehead atoms. The van der Waals surface area contributed by atoms with Crippen LogP contribution in [0.15, 0.2) is 71.0 Å². The highest BCUT2D eigenvalue weighted by atomic mass is 32.2. The van der Waals surface area contributed by atoms with E-state index in [0.717, 1.165) is 17.0 Å².